The van der Waals surface area contributed by atoms with E-state index in [4.69, 9.17) is 5.73 Å². The maximum absolute atomic E-state index is 12.3. The summed E-state index contributed by atoms with van der Waals surface area (Å²) in [7, 11) is 0. The number of β-amino-alcohol motifs (C(OH)–C–C–N with tert-alkyl or cyclic N) is 1. The van der Waals surface area contributed by atoms with Gasteiger partial charge in [-0.05, 0) is 45.4 Å². The van der Waals surface area contributed by atoms with E-state index in [0.29, 0.717) is 12.5 Å². The van der Waals surface area contributed by atoms with Gasteiger partial charge < -0.3 is 15.7 Å². The summed E-state index contributed by atoms with van der Waals surface area (Å²) in [4.78, 5) is 14.0. The third-order valence-corrected chi connectivity index (χ3v) is 3.85. The van der Waals surface area contributed by atoms with Crippen LogP contribution in [0.25, 0.3) is 0 Å². The molecule has 92 valence electrons. The summed E-state index contributed by atoms with van der Waals surface area (Å²) in [6, 6.07) is 0. The molecule has 3 N–H and O–H groups in total. The maximum atomic E-state index is 12.3. The molecule has 0 bridgehead atoms. The Kier molecular flexibility index (Phi) is 2.75. The van der Waals surface area contributed by atoms with Crippen molar-refractivity contribution in [2.45, 2.75) is 50.7 Å². The Balaban J connectivity index is 2.04. The van der Waals surface area contributed by atoms with E-state index >= 15 is 0 Å². The summed E-state index contributed by atoms with van der Waals surface area (Å²) < 4.78 is 0. The topological polar surface area (TPSA) is 66.6 Å². The molecule has 4 heteroatoms. The average molecular weight is 226 g/mol. The highest BCUT2D eigenvalue weighted by Crippen LogP contribution is 2.39. The smallest absolute Gasteiger partial charge is 0.242 e. The number of nitrogens with zero attached hydrogens (tertiary/aromatic N) is 1. The van der Waals surface area contributed by atoms with Gasteiger partial charge in [0.2, 0.25) is 5.91 Å². The van der Waals surface area contributed by atoms with Gasteiger partial charge in [-0.3, -0.25) is 4.79 Å². The molecule has 0 aromatic heterocycles. The van der Waals surface area contributed by atoms with Crippen molar-refractivity contribution in [3.63, 3.8) is 0 Å². The largest absolute Gasteiger partial charge is 0.388 e. The SMILES string of the molecule is CC1(O)CCCN(C(=O)C(C)(N)C2CC2)C1. The monoisotopic (exact) mass is 226 g/mol. The molecular weight excluding hydrogens is 204 g/mol. The quantitative estimate of drug-likeness (QED) is 0.720. The van der Waals surface area contributed by atoms with E-state index in [1.807, 2.05) is 6.92 Å². The van der Waals surface area contributed by atoms with Crippen LogP contribution in [0.5, 0.6) is 0 Å². The van der Waals surface area contributed by atoms with Gasteiger partial charge in [-0.1, -0.05) is 0 Å². The van der Waals surface area contributed by atoms with Crippen LogP contribution in [-0.2, 0) is 4.79 Å². The minimum atomic E-state index is -0.743. The van der Waals surface area contributed by atoms with Gasteiger partial charge in [-0.2, -0.15) is 0 Å². The molecule has 1 heterocycles. The number of carbonyl (C=O) groups excluding carboxylic acids is 1. The van der Waals surface area contributed by atoms with Gasteiger partial charge in [-0.15, -0.1) is 0 Å². The van der Waals surface area contributed by atoms with Gasteiger partial charge in [0, 0.05) is 13.1 Å². The van der Waals surface area contributed by atoms with Gasteiger partial charge in [-0.25, -0.2) is 0 Å². The molecule has 0 aromatic rings. The summed E-state index contributed by atoms with van der Waals surface area (Å²) in [5.74, 6) is 0.349. The van der Waals surface area contributed by atoms with Gasteiger partial charge in [0.1, 0.15) is 0 Å². The first kappa shape index (κ1) is 11.9. The van der Waals surface area contributed by atoms with E-state index in [-0.39, 0.29) is 5.91 Å². The van der Waals surface area contributed by atoms with Crippen molar-refractivity contribution in [3.05, 3.63) is 0 Å². The second-order valence-electron chi connectivity index (χ2n) is 5.88. The summed E-state index contributed by atoms with van der Waals surface area (Å²) in [6.45, 7) is 4.77. The molecule has 1 aliphatic heterocycles. The number of hydrogen-bond donors (Lipinski definition) is 2. The van der Waals surface area contributed by atoms with E-state index < -0.39 is 11.1 Å². The zero-order valence-corrected chi connectivity index (χ0v) is 10.2. The fraction of sp³-hybridized carbons (Fsp3) is 0.917. The van der Waals surface area contributed by atoms with Gasteiger partial charge in [0.05, 0.1) is 11.1 Å². The predicted molar refractivity (Wildman–Crippen MR) is 61.8 cm³/mol. The van der Waals surface area contributed by atoms with E-state index in [1.165, 1.54) is 0 Å². The van der Waals surface area contributed by atoms with Crippen molar-refractivity contribution in [3.8, 4) is 0 Å². The lowest BCUT2D eigenvalue weighted by Gasteiger charge is -2.40. The number of piperidine rings is 1. The van der Waals surface area contributed by atoms with Gasteiger partial charge >= 0.3 is 0 Å². The lowest BCUT2D eigenvalue weighted by atomic mass is 9.90. The Labute approximate surface area is 96.8 Å². The minimum absolute atomic E-state index is 0.00924. The first-order chi connectivity index (χ1) is 7.33. The average Bonchev–Trinajstić information content (AvgIpc) is 2.98. The highest BCUT2D eigenvalue weighted by atomic mass is 16.3. The van der Waals surface area contributed by atoms with Crippen LogP contribution in [0.4, 0.5) is 0 Å². The van der Waals surface area contributed by atoms with Crippen molar-refractivity contribution < 1.29 is 9.90 Å². The number of hydrogen-bond acceptors (Lipinski definition) is 3. The lowest BCUT2D eigenvalue weighted by Crippen LogP contribution is -2.59. The Morgan fingerprint density at radius 1 is 1.56 bits per heavy atom. The summed E-state index contributed by atoms with van der Waals surface area (Å²) in [5.41, 5.74) is 4.64. The Bertz CT molecular complexity index is 295. The van der Waals surface area contributed by atoms with E-state index in [2.05, 4.69) is 0 Å². The molecule has 2 aliphatic rings. The van der Waals surface area contributed by atoms with Crippen LogP contribution >= 0.6 is 0 Å². The molecule has 2 unspecified atom stereocenters. The maximum Gasteiger partial charge on any atom is 0.242 e. The molecule has 1 aliphatic carbocycles. The molecular formula is C12H22N2O2. The molecule has 0 spiro atoms. The molecule has 2 fully saturated rings. The summed E-state index contributed by atoms with van der Waals surface area (Å²) in [6.07, 6.45) is 3.74. The molecule has 1 saturated heterocycles. The number of aliphatic hydroxyl groups is 1. The van der Waals surface area contributed by atoms with Crippen molar-refractivity contribution >= 4 is 5.91 Å². The molecule has 2 rings (SSSR count). The van der Waals surface area contributed by atoms with E-state index in [1.54, 1.807) is 11.8 Å². The standard InChI is InChI=1S/C12H22N2O2/c1-11(16)6-3-7-14(8-11)10(15)12(2,13)9-4-5-9/h9,16H,3-8,13H2,1-2H3. The highest BCUT2D eigenvalue weighted by molar-refractivity contribution is 5.86. The highest BCUT2D eigenvalue weighted by Gasteiger charge is 2.47. The zero-order chi connectivity index (χ0) is 12.0. The van der Waals surface area contributed by atoms with Crippen molar-refractivity contribution in [2.24, 2.45) is 11.7 Å². The fourth-order valence-corrected chi connectivity index (χ4v) is 2.59. The normalized spacial score (nSPS) is 34.6. The molecule has 0 radical (unpaired) electrons. The van der Waals surface area contributed by atoms with E-state index in [0.717, 1.165) is 32.2 Å². The summed E-state index contributed by atoms with van der Waals surface area (Å²) in [5, 5.41) is 9.98. The Morgan fingerprint density at radius 2 is 2.19 bits per heavy atom. The third kappa shape index (κ3) is 2.23. The van der Waals surface area contributed by atoms with Crippen LogP contribution in [0, 0.1) is 5.92 Å². The first-order valence-corrected chi connectivity index (χ1v) is 6.13. The second kappa shape index (κ2) is 3.70. The lowest BCUT2D eigenvalue weighted by molar-refractivity contribution is -0.143. The van der Waals surface area contributed by atoms with Gasteiger partial charge in [0.25, 0.3) is 0 Å². The fourth-order valence-electron chi connectivity index (χ4n) is 2.59. The Hall–Kier alpha value is -0.610. The number of carbonyl (C=O) groups is 1. The minimum Gasteiger partial charge on any atom is -0.388 e. The van der Waals surface area contributed by atoms with Crippen LogP contribution in [0.2, 0.25) is 0 Å². The van der Waals surface area contributed by atoms with E-state index in [9.17, 15) is 9.90 Å². The van der Waals surface area contributed by atoms with Crippen LogP contribution in [-0.4, -0.2) is 40.1 Å². The number of amides is 1. The number of rotatable bonds is 2. The number of likely N-dealkylation sites (tertiary alicyclic amines) is 1. The van der Waals surface area contributed by atoms with Crippen LogP contribution in [0.3, 0.4) is 0 Å². The first-order valence-electron chi connectivity index (χ1n) is 6.13. The van der Waals surface area contributed by atoms with Crippen LogP contribution in [0.1, 0.15) is 39.5 Å². The molecule has 4 nitrogen and oxygen atoms in total. The predicted octanol–water partition coefficient (Wildman–Crippen LogP) is 0.487. The van der Waals surface area contributed by atoms with Crippen molar-refractivity contribution in [1.82, 2.24) is 4.90 Å². The van der Waals surface area contributed by atoms with Crippen LogP contribution in [0.15, 0.2) is 0 Å². The molecule has 1 amide bonds. The van der Waals surface area contributed by atoms with Crippen molar-refractivity contribution in [2.75, 3.05) is 13.1 Å². The van der Waals surface area contributed by atoms with Crippen molar-refractivity contribution in [1.29, 1.82) is 0 Å². The van der Waals surface area contributed by atoms with Crippen LogP contribution < -0.4 is 5.73 Å². The van der Waals surface area contributed by atoms with Gasteiger partial charge in [0.15, 0.2) is 0 Å². The molecule has 1 saturated carbocycles. The summed E-state index contributed by atoms with van der Waals surface area (Å²) >= 11 is 0. The number of nitrogens with two attached hydrogens (primary N) is 1. The third-order valence-electron chi connectivity index (χ3n) is 3.85. The molecule has 2 atom stereocenters. The Morgan fingerprint density at radius 3 is 2.69 bits per heavy atom. The molecule has 16 heavy (non-hydrogen) atoms. The second-order valence-corrected chi connectivity index (χ2v) is 5.88. The molecule has 0 aromatic carbocycles. The zero-order valence-electron chi connectivity index (χ0n) is 10.2.